The molecule has 0 atom stereocenters. The molecule has 0 radical (unpaired) electrons. The van der Waals surface area contributed by atoms with Crippen LogP contribution in [0.15, 0.2) is 28.6 Å². The highest BCUT2D eigenvalue weighted by molar-refractivity contribution is 9.10. The maximum Gasteiger partial charge on any atom is 0.330 e. The van der Waals surface area contributed by atoms with Gasteiger partial charge >= 0.3 is 5.97 Å². The van der Waals surface area contributed by atoms with Gasteiger partial charge in [0.25, 0.3) is 0 Å². The number of carboxylic acid groups (broad SMARTS) is 1. The number of halogens is 2. The fraction of sp³-hybridized carbons (Fsp3) is 0.111. The van der Waals surface area contributed by atoms with Crippen LogP contribution in [0, 0.1) is 5.82 Å². The van der Waals surface area contributed by atoms with Crippen molar-refractivity contribution in [3.05, 3.63) is 34.5 Å². The van der Waals surface area contributed by atoms with Crippen LogP contribution in [0.1, 0.15) is 6.92 Å². The van der Waals surface area contributed by atoms with Gasteiger partial charge < -0.3 is 10.4 Å². The van der Waals surface area contributed by atoms with Crippen molar-refractivity contribution in [1.29, 1.82) is 0 Å². The summed E-state index contributed by atoms with van der Waals surface area (Å²) in [6, 6.07) is 1.22. The van der Waals surface area contributed by atoms with E-state index >= 15 is 0 Å². The standard InChI is InChI=1S/C9H8BrFN2O2/c1-5(2-8(14)15)13-6-3-7(11)9(10)12-4-6/h2-4,13H,1H3,(H,14,15)/b5-2-. The van der Waals surface area contributed by atoms with Gasteiger partial charge in [-0.05, 0) is 22.9 Å². The number of anilines is 1. The summed E-state index contributed by atoms with van der Waals surface area (Å²) in [6.45, 7) is 1.56. The van der Waals surface area contributed by atoms with E-state index < -0.39 is 11.8 Å². The smallest absolute Gasteiger partial charge is 0.330 e. The van der Waals surface area contributed by atoms with Crippen LogP contribution in [-0.2, 0) is 4.79 Å². The van der Waals surface area contributed by atoms with Crippen LogP contribution in [0.2, 0.25) is 0 Å². The summed E-state index contributed by atoms with van der Waals surface area (Å²) >= 11 is 2.91. The molecular formula is C9H8BrFN2O2. The Morgan fingerprint density at radius 3 is 2.93 bits per heavy atom. The van der Waals surface area contributed by atoms with Crippen molar-refractivity contribution >= 4 is 27.6 Å². The molecule has 1 aromatic heterocycles. The molecule has 80 valence electrons. The first kappa shape index (κ1) is 11.6. The van der Waals surface area contributed by atoms with Crippen molar-refractivity contribution in [3.8, 4) is 0 Å². The van der Waals surface area contributed by atoms with Crippen LogP contribution in [-0.4, -0.2) is 16.1 Å². The number of nitrogens with one attached hydrogen (secondary N) is 1. The van der Waals surface area contributed by atoms with Gasteiger partial charge in [-0.2, -0.15) is 0 Å². The van der Waals surface area contributed by atoms with Crippen LogP contribution in [0.5, 0.6) is 0 Å². The van der Waals surface area contributed by atoms with Gasteiger partial charge in [0.15, 0.2) is 5.82 Å². The topological polar surface area (TPSA) is 62.2 Å². The molecule has 0 aliphatic rings. The second-order valence-electron chi connectivity index (χ2n) is 2.79. The molecule has 4 nitrogen and oxygen atoms in total. The predicted molar refractivity (Wildman–Crippen MR) is 56.9 cm³/mol. The minimum atomic E-state index is -1.06. The molecule has 0 amide bonds. The maximum atomic E-state index is 13.0. The third kappa shape index (κ3) is 3.67. The number of aromatic nitrogens is 1. The first-order valence-electron chi connectivity index (χ1n) is 3.98. The molecule has 0 saturated carbocycles. The van der Waals surface area contributed by atoms with Crippen molar-refractivity contribution in [2.75, 3.05) is 5.32 Å². The SMILES string of the molecule is C/C(=C/C(=O)O)Nc1cnc(Br)c(F)c1. The summed E-state index contributed by atoms with van der Waals surface area (Å²) in [4.78, 5) is 14.0. The molecule has 15 heavy (non-hydrogen) atoms. The monoisotopic (exact) mass is 274 g/mol. The normalized spacial score (nSPS) is 11.3. The number of rotatable bonds is 3. The van der Waals surface area contributed by atoms with Crippen molar-refractivity contribution in [3.63, 3.8) is 0 Å². The first-order chi connectivity index (χ1) is 6.99. The zero-order chi connectivity index (χ0) is 11.4. The summed E-state index contributed by atoms with van der Waals surface area (Å²) in [5.41, 5.74) is 0.789. The average molecular weight is 275 g/mol. The fourth-order valence-electron chi connectivity index (χ4n) is 0.939. The van der Waals surface area contributed by atoms with E-state index in [1.165, 1.54) is 12.3 Å². The van der Waals surface area contributed by atoms with Gasteiger partial charge in [-0.15, -0.1) is 0 Å². The second kappa shape index (κ2) is 4.88. The van der Waals surface area contributed by atoms with Crippen molar-refractivity contribution < 1.29 is 14.3 Å². The van der Waals surface area contributed by atoms with Gasteiger partial charge in [-0.25, -0.2) is 14.2 Å². The highest BCUT2D eigenvalue weighted by atomic mass is 79.9. The van der Waals surface area contributed by atoms with E-state index in [1.54, 1.807) is 6.92 Å². The summed E-state index contributed by atoms with van der Waals surface area (Å²) < 4.78 is 13.1. The van der Waals surface area contributed by atoms with Gasteiger partial charge in [-0.3, -0.25) is 0 Å². The van der Waals surface area contributed by atoms with E-state index in [2.05, 4.69) is 26.2 Å². The molecule has 1 heterocycles. The predicted octanol–water partition coefficient (Wildman–Crippen LogP) is 2.38. The third-order valence-corrected chi connectivity index (χ3v) is 2.06. The summed E-state index contributed by atoms with van der Waals surface area (Å²) in [7, 11) is 0. The minimum absolute atomic E-state index is 0.118. The molecule has 2 N–H and O–H groups in total. The Labute approximate surface area is 94.0 Å². The van der Waals surface area contributed by atoms with E-state index in [9.17, 15) is 9.18 Å². The van der Waals surface area contributed by atoms with Crippen molar-refractivity contribution in [2.24, 2.45) is 0 Å². The zero-order valence-electron chi connectivity index (χ0n) is 7.79. The fourth-order valence-corrected chi connectivity index (χ4v) is 1.16. The lowest BCUT2D eigenvalue weighted by Crippen LogP contribution is -2.00. The lowest BCUT2D eigenvalue weighted by Gasteiger charge is -2.05. The Kier molecular flexibility index (Phi) is 3.79. The number of nitrogens with zero attached hydrogens (tertiary/aromatic N) is 1. The highest BCUT2D eigenvalue weighted by Gasteiger charge is 2.02. The number of hydrogen-bond acceptors (Lipinski definition) is 3. The molecule has 0 spiro atoms. The van der Waals surface area contributed by atoms with Crippen LogP contribution < -0.4 is 5.32 Å². The Morgan fingerprint density at radius 1 is 1.73 bits per heavy atom. The lowest BCUT2D eigenvalue weighted by atomic mass is 10.3. The Bertz CT molecular complexity index is 421. The number of pyridine rings is 1. The Morgan fingerprint density at radius 2 is 2.40 bits per heavy atom. The van der Waals surface area contributed by atoms with E-state index in [-0.39, 0.29) is 4.60 Å². The zero-order valence-corrected chi connectivity index (χ0v) is 9.38. The molecule has 0 aliphatic heterocycles. The number of aliphatic carboxylic acids is 1. The summed E-state index contributed by atoms with van der Waals surface area (Å²) in [6.07, 6.45) is 2.38. The molecule has 0 saturated heterocycles. The molecule has 0 aliphatic carbocycles. The molecule has 0 aromatic carbocycles. The van der Waals surface area contributed by atoms with E-state index in [4.69, 9.17) is 5.11 Å². The molecule has 0 bridgehead atoms. The highest BCUT2D eigenvalue weighted by Crippen LogP contribution is 2.17. The van der Waals surface area contributed by atoms with Crippen molar-refractivity contribution in [2.45, 2.75) is 6.92 Å². The average Bonchev–Trinajstić information content (AvgIpc) is 2.10. The largest absolute Gasteiger partial charge is 0.478 e. The maximum absolute atomic E-state index is 13.0. The van der Waals surface area contributed by atoms with Gasteiger partial charge in [0.1, 0.15) is 4.60 Å². The summed E-state index contributed by atoms with van der Waals surface area (Å²) in [5.74, 6) is -1.58. The lowest BCUT2D eigenvalue weighted by molar-refractivity contribution is -0.131. The van der Waals surface area contributed by atoms with Crippen LogP contribution in [0.25, 0.3) is 0 Å². The third-order valence-electron chi connectivity index (χ3n) is 1.48. The number of hydrogen-bond donors (Lipinski definition) is 2. The number of allylic oxidation sites excluding steroid dienone is 1. The molecule has 6 heteroatoms. The van der Waals surface area contributed by atoms with Crippen LogP contribution in [0.3, 0.4) is 0 Å². The minimum Gasteiger partial charge on any atom is -0.478 e. The van der Waals surface area contributed by atoms with Gasteiger partial charge in [0.2, 0.25) is 0 Å². The Balaban J connectivity index is 2.82. The Hall–Kier alpha value is -1.43. The first-order valence-corrected chi connectivity index (χ1v) is 4.77. The van der Waals surface area contributed by atoms with Crippen LogP contribution in [0.4, 0.5) is 10.1 Å². The van der Waals surface area contributed by atoms with E-state index in [0.717, 1.165) is 6.08 Å². The second-order valence-corrected chi connectivity index (χ2v) is 3.54. The molecule has 0 fully saturated rings. The van der Waals surface area contributed by atoms with Crippen LogP contribution >= 0.6 is 15.9 Å². The van der Waals surface area contributed by atoms with Crippen molar-refractivity contribution in [1.82, 2.24) is 4.98 Å². The molecule has 1 rings (SSSR count). The van der Waals surface area contributed by atoms with Gasteiger partial charge in [0.05, 0.1) is 11.9 Å². The van der Waals surface area contributed by atoms with Gasteiger partial charge in [0, 0.05) is 17.8 Å². The number of carbonyl (C=O) groups is 1. The van der Waals surface area contributed by atoms with E-state index in [0.29, 0.717) is 11.4 Å². The molecular weight excluding hydrogens is 267 g/mol. The molecule has 0 unspecified atom stereocenters. The quantitative estimate of drug-likeness (QED) is 0.656. The molecule has 1 aromatic rings. The summed E-state index contributed by atoms with van der Waals surface area (Å²) in [5, 5.41) is 11.1. The number of carboxylic acids is 1. The van der Waals surface area contributed by atoms with E-state index in [1.807, 2.05) is 0 Å². The van der Waals surface area contributed by atoms with Gasteiger partial charge in [-0.1, -0.05) is 0 Å².